The molecule has 0 radical (unpaired) electrons. The first kappa shape index (κ1) is 17.6. The molecule has 0 aliphatic carbocycles. The molecule has 0 bridgehead atoms. The van der Waals surface area contributed by atoms with Crippen molar-refractivity contribution in [3.63, 3.8) is 0 Å². The Morgan fingerprint density at radius 1 is 1.00 bits per heavy atom. The third-order valence-electron chi connectivity index (χ3n) is 4.04. The summed E-state index contributed by atoms with van der Waals surface area (Å²) >= 11 is 12.2. The highest BCUT2D eigenvalue weighted by atomic mass is 35.5. The van der Waals surface area contributed by atoms with Gasteiger partial charge >= 0.3 is 0 Å². The van der Waals surface area contributed by atoms with E-state index in [4.69, 9.17) is 23.2 Å². The largest absolute Gasteiger partial charge is 0.296 e. The van der Waals surface area contributed by atoms with Gasteiger partial charge in [-0.1, -0.05) is 35.3 Å². The van der Waals surface area contributed by atoms with Crippen molar-refractivity contribution >= 4 is 33.2 Å². The van der Waals surface area contributed by atoms with Crippen LogP contribution in [0.4, 0.5) is 0 Å². The summed E-state index contributed by atoms with van der Waals surface area (Å²) in [4.78, 5) is 6.32. The van der Waals surface area contributed by atoms with Crippen LogP contribution >= 0.6 is 23.2 Å². The zero-order valence-corrected chi connectivity index (χ0v) is 15.2. The topological polar surface area (TPSA) is 53.5 Å². The van der Waals surface area contributed by atoms with Crippen LogP contribution in [0.1, 0.15) is 5.56 Å². The van der Waals surface area contributed by atoms with Crippen LogP contribution in [0.5, 0.6) is 0 Å². The van der Waals surface area contributed by atoms with Gasteiger partial charge in [0.1, 0.15) is 4.90 Å². The summed E-state index contributed by atoms with van der Waals surface area (Å²) in [5, 5.41) is 0.882. The molecule has 1 aromatic heterocycles. The lowest BCUT2D eigenvalue weighted by atomic mass is 10.2. The smallest absolute Gasteiger partial charge is 0.244 e. The molecule has 1 aliphatic rings. The first-order valence-electron chi connectivity index (χ1n) is 7.54. The fourth-order valence-corrected chi connectivity index (χ4v) is 4.79. The van der Waals surface area contributed by atoms with Gasteiger partial charge in [-0.3, -0.25) is 9.88 Å². The van der Waals surface area contributed by atoms with Crippen molar-refractivity contribution in [2.75, 3.05) is 26.2 Å². The van der Waals surface area contributed by atoms with Crippen LogP contribution in [0.15, 0.2) is 47.6 Å². The Kier molecular flexibility index (Phi) is 5.42. The van der Waals surface area contributed by atoms with E-state index in [2.05, 4.69) is 9.88 Å². The number of nitrogens with zero attached hydrogens (tertiary/aromatic N) is 3. The predicted octanol–water partition coefficient (Wildman–Crippen LogP) is 2.89. The van der Waals surface area contributed by atoms with Gasteiger partial charge in [0.05, 0.1) is 10.0 Å². The van der Waals surface area contributed by atoms with Gasteiger partial charge in [-0.25, -0.2) is 8.42 Å². The number of hydrogen-bond donors (Lipinski definition) is 0. The maximum atomic E-state index is 12.7. The molecule has 3 rings (SSSR count). The van der Waals surface area contributed by atoms with Crippen molar-refractivity contribution in [1.82, 2.24) is 14.2 Å². The Hall–Kier alpha value is -1.18. The molecule has 2 aromatic rings. The zero-order chi connectivity index (χ0) is 17.2. The molecule has 1 saturated heterocycles. The van der Waals surface area contributed by atoms with Crippen molar-refractivity contribution < 1.29 is 8.42 Å². The lowest BCUT2D eigenvalue weighted by molar-refractivity contribution is 0.181. The van der Waals surface area contributed by atoms with Crippen molar-refractivity contribution in [3.8, 4) is 0 Å². The summed E-state index contributed by atoms with van der Waals surface area (Å²) in [5.74, 6) is 0. The minimum Gasteiger partial charge on any atom is -0.296 e. The van der Waals surface area contributed by atoms with Crippen LogP contribution in [0.2, 0.25) is 10.0 Å². The molecule has 2 heterocycles. The molecule has 128 valence electrons. The normalized spacial score (nSPS) is 17.1. The molecule has 24 heavy (non-hydrogen) atoms. The number of piperazine rings is 1. The Bertz CT molecular complexity index is 822. The van der Waals surface area contributed by atoms with Crippen molar-refractivity contribution in [2.45, 2.75) is 11.4 Å². The number of benzene rings is 1. The summed E-state index contributed by atoms with van der Waals surface area (Å²) < 4.78 is 26.9. The lowest BCUT2D eigenvalue weighted by Crippen LogP contribution is -2.48. The average Bonchev–Trinajstić information content (AvgIpc) is 2.58. The van der Waals surface area contributed by atoms with Crippen molar-refractivity contribution in [3.05, 3.63) is 58.3 Å². The first-order valence-corrected chi connectivity index (χ1v) is 9.73. The lowest BCUT2D eigenvalue weighted by Gasteiger charge is -2.34. The van der Waals surface area contributed by atoms with Gasteiger partial charge < -0.3 is 0 Å². The minimum atomic E-state index is -3.56. The maximum Gasteiger partial charge on any atom is 0.244 e. The molecule has 8 heteroatoms. The van der Waals surface area contributed by atoms with Gasteiger partial charge in [0.15, 0.2) is 0 Å². The molecular weight excluding hydrogens is 369 g/mol. The predicted molar refractivity (Wildman–Crippen MR) is 94.7 cm³/mol. The fourth-order valence-electron chi connectivity index (χ4n) is 2.69. The van der Waals surface area contributed by atoms with E-state index < -0.39 is 10.0 Å². The number of sulfonamides is 1. The minimum absolute atomic E-state index is 0.164. The van der Waals surface area contributed by atoms with E-state index in [0.29, 0.717) is 37.7 Å². The Balaban J connectivity index is 1.67. The number of rotatable bonds is 4. The van der Waals surface area contributed by atoms with Gasteiger partial charge in [-0.05, 0) is 23.8 Å². The van der Waals surface area contributed by atoms with Crippen LogP contribution in [-0.4, -0.2) is 48.8 Å². The highest BCUT2D eigenvalue weighted by molar-refractivity contribution is 7.89. The standard InChI is InChI=1S/C16H17Cl2N3O2S/c17-14-3-1-2-4-16(14)24(22,23)21-9-7-20(8-10-21)12-13-5-6-19-11-15(13)18/h1-6,11H,7-10,12H2. The third kappa shape index (κ3) is 3.73. The SMILES string of the molecule is O=S(=O)(c1ccccc1Cl)N1CCN(Cc2ccncc2Cl)CC1. The second-order valence-electron chi connectivity index (χ2n) is 5.58. The highest BCUT2D eigenvalue weighted by Crippen LogP contribution is 2.25. The summed E-state index contributed by atoms with van der Waals surface area (Å²) in [7, 11) is -3.56. The molecule has 0 saturated carbocycles. The summed E-state index contributed by atoms with van der Waals surface area (Å²) in [6, 6.07) is 8.42. The van der Waals surface area contributed by atoms with Gasteiger partial charge in [0.2, 0.25) is 10.0 Å². The summed E-state index contributed by atoms with van der Waals surface area (Å²) in [5.41, 5.74) is 0.995. The van der Waals surface area contributed by atoms with E-state index in [0.717, 1.165) is 5.56 Å². The molecular formula is C16H17Cl2N3O2S. The zero-order valence-electron chi connectivity index (χ0n) is 12.9. The number of pyridine rings is 1. The Labute approximate surface area is 151 Å². The Morgan fingerprint density at radius 2 is 1.71 bits per heavy atom. The van der Waals surface area contributed by atoms with Gasteiger partial charge in [0, 0.05) is 45.1 Å². The quantitative estimate of drug-likeness (QED) is 0.811. The van der Waals surface area contributed by atoms with Crippen LogP contribution < -0.4 is 0 Å². The van der Waals surface area contributed by atoms with Crippen LogP contribution in [-0.2, 0) is 16.6 Å². The first-order chi connectivity index (χ1) is 11.5. The monoisotopic (exact) mass is 385 g/mol. The van der Waals surface area contributed by atoms with E-state index in [1.54, 1.807) is 36.7 Å². The summed E-state index contributed by atoms with van der Waals surface area (Å²) in [6.07, 6.45) is 3.33. The second kappa shape index (κ2) is 7.37. The van der Waals surface area contributed by atoms with Gasteiger partial charge in [-0.2, -0.15) is 4.31 Å². The van der Waals surface area contributed by atoms with Gasteiger partial charge in [0.25, 0.3) is 0 Å². The van der Waals surface area contributed by atoms with E-state index >= 15 is 0 Å². The molecule has 0 spiro atoms. The number of aromatic nitrogens is 1. The van der Waals surface area contributed by atoms with E-state index in [9.17, 15) is 8.42 Å². The van der Waals surface area contributed by atoms with Crippen LogP contribution in [0.3, 0.4) is 0 Å². The molecule has 0 atom stereocenters. The molecule has 0 unspecified atom stereocenters. The molecule has 0 amide bonds. The fraction of sp³-hybridized carbons (Fsp3) is 0.312. The molecule has 1 aromatic carbocycles. The highest BCUT2D eigenvalue weighted by Gasteiger charge is 2.29. The van der Waals surface area contributed by atoms with E-state index in [1.807, 2.05) is 6.07 Å². The maximum absolute atomic E-state index is 12.7. The van der Waals surface area contributed by atoms with Crippen molar-refractivity contribution in [2.24, 2.45) is 0 Å². The van der Waals surface area contributed by atoms with Crippen molar-refractivity contribution in [1.29, 1.82) is 0 Å². The molecule has 5 nitrogen and oxygen atoms in total. The molecule has 1 fully saturated rings. The second-order valence-corrected chi connectivity index (χ2v) is 8.30. The molecule has 0 N–H and O–H groups in total. The van der Waals surface area contributed by atoms with E-state index in [-0.39, 0.29) is 9.92 Å². The van der Waals surface area contributed by atoms with Crippen LogP contribution in [0.25, 0.3) is 0 Å². The van der Waals surface area contributed by atoms with E-state index in [1.165, 1.54) is 4.31 Å². The average molecular weight is 386 g/mol. The summed E-state index contributed by atoms with van der Waals surface area (Å²) in [6.45, 7) is 2.82. The van der Waals surface area contributed by atoms with Crippen LogP contribution in [0, 0.1) is 0 Å². The number of hydrogen-bond acceptors (Lipinski definition) is 4. The third-order valence-corrected chi connectivity index (χ3v) is 6.77. The van der Waals surface area contributed by atoms with Gasteiger partial charge in [-0.15, -0.1) is 0 Å². The Morgan fingerprint density at radius 3 is 2.38 bits per heavy atom. The number of halogens is 2. The molecule has 1 aliphatic heterocycles.